The molecule has 4 heteroatoms. The molecule has 0 spiro atoms. The molecule has 0 N–H and O–H groups in total. The van der Waals surface area contributed by atoms with Crippen LogP contribution < -0.4 is 0 Å². The molecule has 4 nitrogen and oxygen atoms in total. The molecule has 0 aromatic heterocycles. The second-order valence-corrected chi connectivity index (χ2v) is 1.96. The molecule has 0 aromatic carbocycles. The van der Waals surface area contributed by atoms with E-state index in [1.165, 1.54) is 6.92 Å². The highest BCUT2D eigenvalue weighted by Gasteiger charge is 2.07. The molecule has 0 aromatic rings. The molecule has 0 unspecified atom stereocenters. The second-order valence-electron chi connectivity index (χ2n) is 1.96. The minimum Gasteiger partial charge on any atom is -0.247 e. The van der Waals surface area contributed by atoms with Crippen molar-refractivity contribution in [3.63, 3.8) is 0 Å². The predicted molar refractivity (Wildman–Crippen MR) is 37.3 cm³/mol. The summed E-state index contributed by atoms with van der Waals surface area (Å²) in [5, 5.41) is 0. The average molecular weight is 158 g/mol. The maximum atomic E-state index is 10.6. The SMILES string of the molecule is C=C(C)C(=O)OOC(=O)CC. The number of hydrogen-bond acceptors (Lipinski definition) is 4. The second kappa shape index (κ2) is 4.49. The maximum Gasteiger partial charge on any atom is 0.381 e. The van der Waals surface area contributed by atoms with Crippen LogP contribution in [0.3, 0.4) is 0 Å². The summed E-state index contributed by atoms with van der Waals surface area (Å²) in [5.74, 6) is -1.31. The Balaban J connectivity index is 3.63. The van der Waals surface area contributed by atoms with Crippen molar-refractivity contribution in [3.05, 3.63) is 12.2 Å². The Labute approximate surface area is 64.7 Å². The van der Waals surface area contributed by atoms with E-state index < -0.39 is 11.9 Å². The van der Waals surface area contributed by atoms with Crippen LogP contribution in [0.2, 0.25) is 0 Å². The lowest BCUT2D eigenvalue weighted by atomic mass is 10.4. The van der Waals surface area contributed by atoms with E-state index in [0.29, 0.717) is 0 Å². The summed E-state index contributed by atoms with van der Waals surface area (Å²) in [4.78, 5) is 29.1. The van der Waals surface area contributed by atoms with Gasteiger partial charge in [-0.15, -0.1) is 0 Å². The smallest absolute Gasteiger partial charge is 0.247 e. The minimum absolute atomic E-state index is 0.170. The van der Waals surface area contributed by atoms with Gasteiger partial charge in [0.25, 0.3) is 0 Å². The van der Waals surface area contributed by atoms with E-state index in [-0.39, 0.29) is 12.0 Å². The van der Waals surface area contributed by atoms with E-state index in [1.807, 2.05) is 0 Å². The zero-order valence-electron chi connectivity index (χ0n) is 6.55. The van der Waals surface area contributed by atoms with E-state index in [4.69, 9.17) is 0 Å². The molecular formula is C7H10O4. The molecule has 0 saturated carbocycles. The van der Waals surface area contributed by atoms with E-state index in [9.17, 15) is 9.59 Å². The van der Waals surface area contributed by atoms with Crippen LogP contribution in [-0.2, 0) is 19.4 Å². The van der Waals surface area contributed by atoms with Crippen LogP contribution in [0.4, 0.5) is 0 Å². The number of carbonyl (C=O) groups excluding carboxylic acids is 2. The van der Waals surface area contributed by atoms with E-state index in [0.717, 1.165) is 0 Å². The maximum absolute atomic E-state index is 10.6. The van der Waals surface area contributed by atoms with Crippen LogP contribution in [0.15, 0.2) is 12.2 Å². The number of carbonyl (C=O) groups is 2. The van der Waals surface area contributed by atoms with E-state index >= 15 is 0 Å². The lowest BCUT2D eigenvalue weighted by Gasteiger charge is -1.99. The van der Waals surface area contributed by atoms with Gasteiger partial charge in [-0.3, -0.25) is 0 Å². The molecular weight excluding hydrogens is 148 g/mol. The summed E-state index contributed by atoms with van der Waals surface area (Å²) in [7, 11) is 0. The van der Waals surface area contributed by atoms with Gasteiger partial charge in [0, 0.05) is 12.0 Å². The molecule has 0 aliphatic carbocycles. The standard InChI is InChI=1S/C7H10O4/c1-4-6(8)10-11-7(9)5(2)3/h2,4H2,1,3H3. The van der Waals surface area contributed by atoms with Crippen molar-refractivity contribution in [2.24, 2.45) is 0 Å². The molecule has 62 valence electrons. The minimum atomic E-state index is -0.730. The third-order valence-electron chi connectivity index (χ3n) is 0.847. The van der Waals surface area contributed by atoms with Crippen LogP contribution in [0.25, 0.3) is 0 Å². The van der Waals surface area contributed by atoms with Crippen LogP contribution in [-0.4, -0.2) is 11.9 Å². The fourth-order valence-electron chi connectivity index (χ4n) is 0.214. The molecule has 11 heavy (non-hydrogen) atoms. The Hall–Kier alpha value is -1.32. The highest BCUT2D eigenvalue weighted by atomic mass is 17.2. The third kappa shape index (κ3) is 4.13. The van der Waals surface area contributed by atoms with Crippen molar-refractivity contribution in [1.82, 2.24) is 0 Å². The highest BCUT2D eigenvalue weighted by Crippen LogP contribution is 1.94. The van der Waals surface area contributed by atoms with Crippen molar-refractivity contribution in [2.75, 3.05) is 0 Å². The summed E-state index contributed by atoms with van der Waals surface area (Å²) in [6, 6.07) is 0. The zero-order chi connectivity index (χ0) is 8.85. The zero-order valence-corrected chi connectivity index (χ0v) is 6.55. The lowest BCUT2D eigenvalue weighted by molar-refractivity contribution is -0.255. The van der Waals surface area contributed by atoms with Gasteiger partial charge in [-0.1, -0.05) is 13.5 Å². The number of hydrogen-bond donors (Lipinski definition) is 0. The first-order valence-corrected chi connectivity index (χ1v) is 3.15. The Morgan fingerprint density at radius 2 is 1.91 bits per heavy atom. The van der Waals surface area contributed by atoms with Gasteiger partial charge in [0.1, 0.15) is 0 Å². The van der Waals surface area contributed by atoms with Gasteiger partial charge in [0.05, 0.1) is 0 Å². The van der Waals surface area contributed by atoms with Crippen molar-refractivity contribution >= 4 is 11.9 Å². The van der Waals surface area contributed by atoms with Crippen molar-refractivity contribution in [2.45, 2.75) is 20.3 Å². The topological polar surface area (TPSA) is 52.6 Å². The van der Waals surface area contributed by atoms with Crippen molar-refractivity contribution in [3.8, 4) is 0 Å². The number of rotatable bonds is 2. The summed E-state index contributed by atoms with van der Waals surface area (Å²) < 4.78 is 0. The van der Waals surface area contributed by atoms with Crippen molar-refractivity contribution in [1.29, 1.82) is 0 Å². The van der Waals surface area contributed by atoms with Gasteiger partial charge in [0.2, 0.25) is 0 Å². The van der Waals surface area contributed by atoms with Crippen LogP contribution in [0, 0.1) is 0 Å². The third-order valence-corrected chi connectivity index (χ3v) is 0.847. The first-order valence-electron chi connectivity index (χ1n) is 3.15. The monoisotopic (exact) mass is 158 g/mol. The van der Waals surface area contributed by atoms with Gasteiger partial charge >= 0.3 is 11.9 Å². The van der Waals surface area contributed by atoms with Gasteiger partial charge in [0.15, 0.2) is 0 Å². The Morgan fingerprint density at radius 3 is 2.27 bits per heavy atom. The van der Waals surface area contributed by atoms with Crippen LogP contribution in [0.1, 0.15) is 20.3 Å². The van der Waals surface area contributed by atoms with Gasteiger partial charge in [-0.25, -0.2) is 19.4 Å². The molecule has 0 saturated heterocycles. The van der Waals surface area contributed by atoms with Crippen molar-refractivity contribution < 1.29 is 19.4 Å². The molecule has 0 aliphatic rings. The Bertz CT molecular complexity index is 183. The van der Waals surface area contributed by atoms with Gasteiger partial charge in [-0.2, -0.15) is 0 Å². The van der Waals surface area contributed by atoms with Crippen LogP contribution in [0.5, 0.6) is 0 Å². The molecule has 0 bridgehead atoms. The summed E-state index contributed by atoms with van der Waals surface area (Å²) in [5.41, 5.74) is 0.189. The highest BCUT2D eigenvalue weighted by molar-refractivity contribution is 5.87. The van der Waals surface area contributed by atoms with Gasteiger partial charge < -0.3 is 0 Å². The molecule has 0 heterocycles. The Morgan fingerprint density at radius 1 is 1.36 bits per heavy atom. The largest absolute Gasteiger partial charge is 0.381 e. The van der Waals surface area contributed by atoms with E-state index in [1.54, 1.807) is 6.92 Å². The molecule has 0 radical (unpaired) electrons. The summed E-state index contributed by atoms with van der Waals surface area (Å²) in [6.07, 6.45) is 0.170. The molecule has 0 fully saturated rings. The summed E-state index contributed by atoms with van der Waals surface area (Å²) >= 11 is 0. The molecule has 0 aliphatic heterocycles. The first-order chi connectivity index (χ1) is 5.07. The predicted octanol–water partition coefficient (Wildman–Crippen LogP) is 0.974. The first kappa shape index (κ1) is 9.68. The average Bonchev–Trinajstić information content (AvgIpc) is 1.99. The fraction of sp³-hybridized carbons (Fsp3) is 0.429. The van der Waals surface area contributed by atoms with Crippen LogP contribution >= 0.6 is 0 Å². The molecule has 0 amide bonds. The molecule has 0 rings (SSSR count). The summed E-state index contributed by atoms with van der Waals surface area (Å²) in [6.45, 7) is 6.35. The lowest BCUT2D eigenvalue weighted by Crippen LogP contribution is -2.10. The van der Waals surface area contributed by atoms with Gasteiger partial charge in [-0.05, 0) is 6.92 Å². The quantitative estimate of drug-likeness (QED) is 0.341. The fourth-order valence-corrected chi connectivity index (χ4v) is 0.214. The normalized spacial score (nSPS) is 8.55. The Kier molecular flexibility index (Phi) is 3.95. The van der Waals surface area contributed by atoms with E-state index in [2.05, 4.69) is 16.4 Å². The molecule has 0 atom stereocenters.